The SMILES string of the molecule is C=C(CC(=O)CCCN(CCC)C(C)=O)c1ccc(C(F)(F)F)cc1OCC.CC.CC/C(O)=C\C=C(/C)C(C)C(C)c1ccc(O)cc1.CCC=O.CCCNC. The van der Waals surface area contributed by atoms with Crippen molar-refractivity contribution < 1.29 is 42.5 Å². The first kappa shape index (κ1) is 57.9. The molecule has 0 saturated heterocycles. The Labute approximate surface area is 348 Å². The van der Waals surface area contributed by atoms with Gasteiger partial charge in [0.05, 0.1) is 17.9 Å². The van der Waals surface area contributed by atoms with Gasteiger partial charge in [-0.15, -0.1) is 0 Å². The van der Waals surface area contributed by atoms with Crippen LogP contribution < -0.4 is 10.1 Å². The summed E-state index contributed by atoms with van der Waals surface area (Å²) in [7, 11) is 1.96. The van der Waals surface area contributed by atoms with Gasteiger partial charge in [-0.1, -0.05) is 91.8 Å². The van der Waals surface area contributed by atoms with E-state index in [0.717, 1.165) is 31.4 Å². The zero-order chi connectivity index (χ0) is 45.3. The molecule has 0 saturated carbocycles. The van der Waals surface area contributed by atoms with Gasteiger partial charge < -0.3 is 30.0 Å². The quantitative estimate of drug-likeness (QED) is 0.0734. The molecule has 2 aromatic carbocycles. The maximum atomic E-state index is 12.9. The molecule has 0 fully saturated rings. The molecule has 1 amide bonds. The molecule has 2 atom stereocenters. The van der Waals surface area contributed by atoms with E-state index < -0.39 is 11.7 Å². The van der Waals surface area contributed by atoms with Crippen molar-refractivity contribution in [3.8, 4) is 11.5 Å². The van der Waals surface area contributed by atoms with Gasteiger partial charge in [0.1, 0.15) is 23.6 Å². The number of aromatic hydroxyl groups is 1. The molecular weight excluding hydrogens is 746 g/mol. The molecule has 8 nitrogen and oxygen atoms in total. The standard InChI is InChI=1S/C21H28F3NO3.C17H24O2.C4H11N.C3H6O.C2H6/c1-5-11-25(16(4)26)12-7-8-18(27)13-15(3)19-10-9-17(21(22,23)24)14-20(19)28-6-2;1-5-16(18)9-6-12(2)13(3)14(4)15-7-10-17(19)11-8-15;1-3-4-5-2;1-2-3-4;1-2/h9-10,14H,3,5-8,11-13H2,1-2,4H3;6-11,13-14,18-19H,5H2,1-4H3;5H,3-4H2,1-2H3;3H,2H2,1H3;1-2H3/b;12-6+,16-9+;;;. The van der Waals surface area contributed by atoms with E-state index in [9.17, 15) is 37.8 Å². The number of hydrogen-bond acceptors (Lipinski definition) is 7. The van der Waals surface area contributed by atoms with E-state index in [2.05, 4.69) is 39.6 Å². The Kier molecular flexibility index (Phi) is 34.6. The fourth-order valence-corrected chi connectivity index (χ4v) is 5.06. The highest BCUT2D eigenvalue weighted by molar-refractivity contribution is 5.90. The molecule has 58 heavy (non-hydrogen) atoms. The minimum Gasteiger partial charge on any atom is -0.512 e. The number of rotatable bonds is 19. The second-order valence-electron chi connectivity index (χ2n) is 13.3. The smallest absolute Gasteiger partial charge is 0.416 e. The first-order valence-corrected chi connectivity index (χ1v) is 20.6. The van der Waals surface area contributed by atoms with E-state index in [1.807, 2.05) is 59.9 Å². The maximum absolute atomic E-state index is 12.9. The molecule has 0 heterocycles. The fourth-order valence-electron chi connectivity index (χ4n) is 5.06. The van der Waals surface area contributed by atoms with Crippen LogP contribution in [0.3, 0.4) is 0 Å². The van der Waals surface area contributed by atoms with Gasteiger partial charge in [-0.05, 0) is 100 Å². The third-order valence-electron chi connectivity index (χ3n) is 8.68. The number of ketones is 1. The van der Waals surface area contributed by atoms with E-state index in [1.54, 1.807) is 30.0 Å². The second-order valence-corrected chi connectivity index (χ2v) is 13.3. The summed E-state index contributed by atoms with van der Waals surface area (Å²) in [6, 6.07) is 10.6. The van der Waals surface area contributed by atoms with Crippen LogP contribution in [0.25, 0.3) is 5.57 Å². The van der Waals surface area contributed by atoms with Crippen LogP contribution in [-0.2, 0) is 20.6 Å². The number of allylic oxidation sites excluding steroid dienone is 5. The third kappa shape index (κ3) is 26.5. The largest absolute Gasteiger partial charge is 0.512 e. The molecule has 11 heteroatoms. The number of aliphatic hydroxyl groups excluding tert-OH is 1. The Hall–Kier alpha value is -4.38. The summed E-state index contributed by atoms with van der Waals surface area (Å²) in [6.45, 7) is 27.8. The van der Waals surface area contributed by atoms with Gasteiger partial charge in [-0.3, -0.25) is 9.59 Å². The van der Waals surface area contributed by atoms with Gasteiger partial charge in [0.15, 0.2) is 0 Å². The molecular formula is C47H75F3N2O6. The van der Waals surface area contributed by atoms with Crippen LogP contribution in [0.5, 0.6) is 11.5 Å². The van der Waals surface area contributed by atoms with E-state index >= 15 is 0 Å². The van der Waals surface area contributed by atoms with Crippen molar-refractivity contribution in [3.05, 3.63) is 89.2 Å². The first-order valence-electron chi connectivity index (χ1n) is 20.6. The summed E-state index contributed by atoms with van der Waals surface area (Å²) in [5, 5.41) is 21.8. The normalized spacial score (nSPS) is 12.0. The van der Waals surface area contributed by atoms with Crippen LogP contribution in [0.2, 0.25) is 0 Å². The number of alkyl halides is 3. The van der Waals surface area contributed by atoms with E-state index in [1.165, 1.54) is 30.5 Å². The lowest BCUT2D eigenvalue weighted by molar-refractivity contribution is -0.137. The van der Waals surface area contributed by atoms with Crippen LogP contribution in [-0.4, -0.2) is 66.4 Å². The number of nitrogens with zero attached hydrogens (tertiary/aromatic N) is 1. The highest BCUT2D eigenvalue weighted by Crippen LogP contribution is 2.36. The molecule has 0 radical (unpaired) electrons. The monoisotopic (exact) mass is 821 g/mol. The summed E-state index contributed by atoms with van der Waals surface area (Å²) >= 11 is 0. The predicted octanol–water partition coefficient (Wildman–Crippen LogP) is 12.3. The van der Waals surface area contributed by atoms with Crippen molar-refractivity contribution in [1.29, 1.82) is 0 Å². The number of phenolic OH excluding ortho intramolecular Hbond substituents is 1. The molecule has 0 aliphatic carbocycles. The van der Waals surface area contributed by atoms with Crippen molar-refractivity contribution in [2.45, 2.75) is 133 Å². The zero-order valence-corrected chi connectivity index (χ0v) is 37.5. The number of phenols is 1. The molecule has 0 aliphatic rings. The van der Waals surface area contributed by atoms with E-state index in [4.69, 9.17) is 4.74 Å². The topological polar surface area (TPSA) is 116 Å². The van der Waals surface area contributed by atoms with Crippen molar-refractivity contribution in [2.75, 3.05) is 33.3 Å². The van der Waals surface area contributed by atoms with Crippen molar-refractivity contribution >= 4 is 23.5 Å². The summed E-state index contributed by atoms with van der Waals surface area (Å²) in [5.41, 5.74) is 2.46. The maximum Gasteiger partial charge on any atom is 0.416 e. The lowest BCUT2D eigenvalue weighted by atomic mass is 9.84. The number of ether oxygens (including phenoxy) is 1. The van der Waals surface area contributed by atoms with Crippen molar-refractivity contribution in [3.63, 3.8) is 0 Å². The van der Waals surface area contributed by atoms with Crippen LogP contribution in [0.1, 0.15) is 144 Å². The van der Waals surface area contributed by atoms with E-state index in [-0.39, 0.29) is 36.9 Å². The number of hydrogen-bond donors (Lipinski definition) is 3. The first-order chi connectivity index (χ1) is 27.4. The third-order valence-corrected chi connectivity index (χ3v) is 8.68. The number of aliphatic hydroxyl groups is 1. The Morgan fingerprint density at radius 1 is 0.948 bits per heavy atom. The molecule has 0 bridgehead atoms. The van der Waals surface area contributed by atoms with Gasteiger partial charge in [0.25, 0.3) is 0 Å². The fraction of sp³-hybridized carbons (Fsp3) is 0.553. The predicted molar refractivity (Wildman–Crippen MR) is 235 cm³/mol. The van der Waals surface area contributed by atoms with E-state index in [0.29, 0.717) is 66.8 Å². The van der Waals surface area contributed by atoms with Gasteiger partial charge in [-0.25, -0.2) is 0 Å². The Morgan fingerprint density at radius 2 is 1.53 bits per heavy atom. The molecule has 0 aromatic heterocycles. The number of nitrogens with one attached hydrogen (secondary N) is 1. The number of Topliss-reactive ketones (excluding diaryl/α,β-unsaturated/α-hetero) is 1. The molecule has 2 unspecified atom stereocenters. The summed E-state index contributed by atoms with van der Waals surface area (Å²) in [5.74, 6) is 1.42. The average molecular weight is 821 g/mol. The molecule has 0 spiro atoms. The summed E-state index contributed by atoms with van der Waals surface area (Å²) in [6.07, 6.45) is 4.38. The van der Waals surface area contributed by atoms with Gasteiger partial charge >= 0.3 is 6.18 Å². The molecule has 3 N–H and O–H groups in total. The zero-order valence-electron chi connectivity index (χ0n) is 37.5. The Morgan fingerprint density at radius 3 is 1.97 bits per heavy atom. The van der Waals surface area contributed by atoms with Crippen LogP contribution >= 0.6 is 0 Å². The van der Waals surface area contributed by atoms with Crippen molar-refractivity contribution in [1.82, 2.24) is 10.2 Å². The van der Waals surface area contributed by atoms with Crippen LogP contribution in [0.4, 0.5) is 13.2 Å². The second kappa shape index (κ2) is 34.6. The number of aldehydes is 1. The van der Waals surface area contributed by atoms with Crippen LogP contribution in [0.15, 0.2) is 72.5 Å². The minimum atomic E-state index is -4.47. The Bertz CT molecular complexity index is 1480. The molecule has 2 aromatic rings. The lowest BCUT2D eigenvalue weighted by Crippen LogP contribution is -2.30. The van der Waals surface area contributed by atoms with Crippen LogP contribution in [0, 0.1) is 5.92 Å². The number of halogens is 3. The highest BCUT2D eigenvalue weighted by Gasteiger charge is 2.31. The summed E-state index contributed by atoms with van der Waals surface area (Å²) in [4.78, 5) is 34.6. The average Bonchev–Trinajstić information content (AvgIpc) is 3.20. The number of carbonyl (C=O) groups is 3. The Balaban J connectivity index is -0.000000863. The molecule has 0 aliphatic heterocycles. The number of carbonyl (C=O) groups excluding carboxylic acids is 3. The minimum absolute atomic E-state index is 0.0233. The number of amides is 1. The van der Waals surface area contributed by atoms with Gasteiger partial charge in [0, 0.05) is 51.3 Å². The van der Waals surface area contributed by atoms with Gasteiger partial charge in [0.2, 0.25) is 5.91 Å². The van der Waals surface area contributed by atoms with Gasteiger partial charge in [-0.2, -0.15) is 13.2 Å². The molecule has 330 valence electrons. The number of benzene rings is 2. The lowest BCUT2D eigenvalue weighted by Gasteiger charge is -2.21. The summed E-state index contributed by atoms with van der Waals surface area (Å²) < 4.78 is 44.0. The van der Waals surface area contributed by atoms with Crippen molar-refractivity contribution in [2.24, 2.45) is 5.92 Å². The highest BCUT2D eigenvalue weighted by atomic mass is 19.4. The molecule has 2 rings (SSSR count).